The van der Waals surface area contributed by atoms with Gasteiger partial charge in [0.2, 0.25) is 0 Å². The minimum absolute atomic E-state index is 0.102. The molecule has 0 spiro atoms. The zero-order chi connectivity index (χ0) is 11.6. The number of esters is 1. The number of fused-ring (bicyclic) bond motifs is 3. The van der Waals surface area contributed by atoms with Crippen LogP contribution in [0.1, 0.15) is 39.5 Å². The summed E-state index contributed by atoms with van der Waals surface area (Å²) < 4.78 is 5.35. The first-order valence-electron chi connectivity index (χ1n) is 6.08. The normalized spacial score (nSPS) is 44.7. The van der Waals surface area contributed by atoms with E-state index in [1.165, 1.54) is 0 Å². The lowest BCUT2D eigenvalue weighted by molar-refractivity contribution is -0.165. The molecular weight excluding hydrogens is 204 g/mol. The smallest absolute Gasteiger partial charge is 0.306 e. The molecule has 3 heteroatoms. The van der Waals surface area contributed by atoms with Gasteiger partial charge in [0.15, 0.2) is 0 Å². The predicted octanol–water partition coefficient (Wildman–Crippen LogP) is 1.80. The molecular formula is C13H18O3. The molecule has 0 aromatic carbocycles. The van der Waals surface area contributed by atoms with Crippen LogP contribution in [0.15, 0.2) is 11.6 Å². The van der Waals surface area contributed by atoms with Crippen LogP contribution in [0.5, 0.6) is 0 Å². The molecule has 1 heterocycles. The number of hydrogen-bond acceptors (Lipinski definition) is 3. The first kappa shape index (κ1) is 10.3. The quantitative estimate of drug-likeness (QED) is 0.502. The Morgan fingerprint density at radius 1 is 1.50 bits per heavy atom. The number of aliphatic hydroxyl groups is 1. The third kappa shape index (κ3) is 1.05. The topological polar surface area (TPSA) is 46.5 Å². The van der Waals surface area contributed by atoms with Gasteiger partial charge in [-0.1, -0.05) is 19.9 Å². The molecule has 2 fully saturated rings. The third-order valence-corrected chi connectivity index (χ3v) is 4.65. The number of hydrogen-bond donors (Lipinski definition) is 1. The second-order valence-electron chi connectivity index (χ2n) is 5.97. The molecule has 0 amide bonds. The summed E-state index contributed by atoms with van der Waals surface area (Å²) in [4.78, 5) is 11.3. The average molecular weight is 222 g/mol. The highest BCUT2D eigenvalue weighted by Gasteiger charge is 2.62. The van der Waals surface area contributed by atoms with Gasteiger partial charge in [0, 0.05) is 11.3 Å². The molecule has 0 unspecified atom stereocenters. The van der Waals surface area contributed by atoms with E-state index in [1.807, 2.05) is 0 Å². The number of rotatable bonds is 0. The zero-order valence-corrected chi connectivity index (χ0v) is 9.82. The van der Waals surface area contributed by atoms with Gasteiger partial charge in [-0.2, -0.15) is 0 Å². The summed E-state index contributed by atoms with van der Waals surface area (Å²) in [6.07, 6.45) is 5.26. The first-order chi connectivity index (χ1) is 7.45. The van der Waals surface area contributed by atoms with Gasteiger partial charge in [0.25, 0.3) is 0 Å². The minimum Gasteiger partial charge on any atom is -0.458 e. The van der Waals surface area contributed by atoms with Crippen molar-refractivity contribution in [2.75, 3.05) is 0 Å². The lowest BCUT2D eigenvalue weighted by atomic mass is 9.62. The average Bonchev–Trinajstić information content (AvgIpc) is 2.65. The Labute approximate surface area is 95.5 Å². The van der Waals surface area contributed by atoms with Gasteiger partial charge < -0.3 is 9.84 Å². The van der Waals surface area contributed by atoms with Crippen molar-refractivity contribution in [3.8, 4) is 0 Å². The molecule has 3 nitrogen and oxygen atoms in total. The van der Waals surface area contributed by atoms with Crippen LogP contribution < -0.4 is 0 Å². The van der Waals surface area contributed by atoms with Crippen molar-refractivity contribution >= 4 is 5.97 Å². The van der Waals surface area contributed by atoms with E-state index in [9.17, 15) is 9.90 Å². The Bertz CT molecular complexity index is 383. The standard InChI is InChI=1S/C13H18O3/c1-12(2)5-3-4-9-6-8-7-10(14)16-11(8)13(9,12)15/h6,8,11,15H,3-5,7H2,1-2H3/t8-,11+,13+/m0/s1. The van der Waals surface area contributed by atoms with E-state index in [0.717, 1.165) is 24.8 Å². The van der Waals surface area contributed by atoms with Crippen LogP contribution in [-0.4, -0.2) is 22.8 Å². The zero-order valence-electron chi connectivity index (χ0n) is 9.82. The third-order valence-electron chi connectivity index (χ3n) is 4.65. The van der Waals surface area contributed by atoms with Crippen LogP contribution in [-0.2, 0) is 9.53 Å². The molecule has 2 aliphatic carbocycles. The van der Waals surface area contributed by atoms with Crippen LogP contribution in [0, 0.1) is 11.3 Å². The summed E-state index contributed by atoms with van der Waals surface area (Å²) in [5, 5.41) is 11.0. The summed E-state index contributed by atoms with van der Waals surface area (Å²) in [5.41, 5.74) is -0.00493. The SMILES string of the molecule is CC1(C)CCCC2=C[C@H]3CC(=O)O[C@H]3[C@]21O. The van der Waals surface area contributed by atoms with Gasteiger partial charge in [0.05, 0.1) is 6.42 Å². The molecule has 1 aliphatic heterocycles. The van der Waals surface area contributed by atoms with Gasteiger partial charge in [0.1, 0.15) is 11.7 Å². The van der Waals surface area contributed by atoms with Crippen molar-refractivity contribution in [2.45, 2.75) is 51.2 Å². The van der Waals surface area contributed by atoms with Gasteiger partial charge in [-0.25, -0.2) is 0 Å². The lowest BCUT2D eigenvalue weighted by Crippen LogP contribution is -2.55. The number of carbonyl (C=O) groups excluding carboxylic acids is 1. The Balaban J connectivity index is 2.06. The summed E-state index contributed by atoms with van der Waals surface area (Å²) >= 11 is 0. The summed E-state index contributed by atoms with van der Waals surface area (Å²) in [6.45, 7) is 4.16. The Morgan fingerprint density at radius 3 is 3.00 bits per heavy atom. The molecule has 0 radical (unpaired) electrons. The number of carbonyl (C=O) groups is 1. The van der Waals surface area contributed by atoms with Crippen LogP contribution in [0.25, 0.3) is 0 Å². The van der Waals surface area contributed by atoms with Gasteiger partial charge in [-0.3, -0.25) is 4.79 Å². The van der Waals surface area contributed by atoms with Gasteiger partial charge >= 0.3 is 5.97 Å². The molecule has 88 valence electrons. The highest BCUT2D eigenvalue weighted by Crippen LogP contribution is 2.56. The molecule has 3 rings (SSSR count). The highest BCUT2D eigenvalue weighted by molar-refractivity contribution is 5.74. The van der Waals surface area contributed by atoms with Crippen LogP contribution in [0.3, 0.4) is 0 Å². The van der Waals surface area contributed by atoms with E-state index in [4.69, 9.17) is 4.74 Å². The van der Waals surface area contributed by atoms with Crippen molar-refractivity contribution < 1.29 is 14.6 Å². The molecule has 3 aliphatic rings. The molecule has 16 heavy (non-hydrogen) atoms. The highest BCUT2D eigenvalue weighted by atomic mass is 16.6. The summed E-state index contributed by atoms with van der Waals surface area (Å²) in [7, 11) is 0. The van der Waals surface area contributed by atoms with Crippen molar-refractivity contribution in [1.29, 1.82) is 0 Å². The van der Waals surface area contributed by atoms with Crippen molar-refractivity contribution in [1.82, 2.24) is 0 Å². The first-order valence-corrected chi connectivity index (χ1v) is 6.08. The molecule has 0 bridgehead atoms. The maximum Gasteiger partial charge on any atom is 0.306 e. The number of ether oxygens (including phenoxy) is 1. The molecule has 1 N–H and O–H groups in total. The summed E-state index contributed by atoms with van der Waals surface area (Å²) in [6, 6.07) is 0. The molecule has 0 aromatic rings. The second kappa shape index (κ2) is 2.89. The van der Waals surface area contributed by atoms with E-state index in [1.54, 1.807) is 0 Å². The van der Waals surface area contributed by atoms with Crippen molar-refractivity contribution in [3.05, 3.63) is 11.6 Å². The van der Waals surface area contributed by atoms with E-state index in [2.05, 4.69) is 19.9 Å². The van der Waals surface area contributed by atoms with Gasteiger partial charge in [-0.15, -0.1) is 0 Å². The molecule has 0 aromatic heterocycles. The fourth-order valence-electron chi connectivity index (χ4n) is 3.69. The van der Waals surface area contributed by atoms with Crippen molar-refractivity contribution in [3.63, 3.8) is 0 Å². The Kier molecular flexibility index (Phi) is 1.87. The van der Waals surface area contributed by atoms with Crippen LogP contribution in [0.2, 0.25) is 0 Å². The molecule has 3 atom stereocenters. The monoisotopic (exact) mass is 222 g/mol. The predicted molar refractivity (Wildman–Crippen MR) is 58.7 cm³/mol. The largest absolute Gasteiger partial charge is 0.458 e. The van der Waals surface area contributed by atoms with Crippen LogP contribution >= 0.6 is 0 Å². The minimum atomic E-state index is -0.915. The molecule has 1 saturated carbocycles. The Hall–Kier alpha value is -0.830. The lowest BCUT2D eigenvalue weighted by Gasteiger charge is -2.48. The maximum atomic E-state index is 11.3. The fraction of sp³-hybridized carbons (Fsp3) is 0.769. The van der Waals surface area contributed by atoms with Crippen LogP contribution in [0.4, 0.5) is 0 Å². The van der Waals surface area contributed by atoms with E-state index >= 15 is 0 Å². The Morgan fingerprint density at radius 2 is 2.25 bits per heavy atom. The van der Waals surface area contributed by atoms with Gasteiger partial charge in [-0.05, 0) is 24.8 Å². The summed E-state index contributed by atoms with van der Waals surface area (Å²) in [5.74, 6) is -0.0648. The fourth-order valence-corrected chi connectivity index (χ4v) is 3.69. The maximum absolute atomic E-state index is 11.3. The van der Waals surface area contributed by atoms with E-state index < -0.39 is 5.60 Å². The molecule has 1 saturated heterocycles. The van der Waals surface area contributed by atoms with Crippen molar-refractivity contribution in [2.24, 2.45) is 11.3 Å². The van der Waals surface area contributed by atoms with E-state index in [0.29, 0.717) is 6.42 Å². The van der Waals surface area contributed by atoms with E-state index in [-0.39, 0.29) is 23.4 Å². The second-order valence-corrected chi connectivity index (χ2v) is 5.97.